The van der Waals surface area contributed by atoms with Gasteiger partial charge in [-0.25, -0.2) is 9.59 Å². The predicted octanol–water partition coefficient (Wildman–Crippen LogP) is 5.98. The molecule has 0 aromatic heterocycles. The van der Waals surface area contributed by atoms with Gasteiger partial charge in [0.05, 0.1) is 17.2 Å². The monoisotopic (exact) mass is 564 g/mol. The summed E-state index contributed by atoms with van der Waals surface area (Å²) in [6.07, 6.45) is 1.09. The van der Waals surface area contributed by atoms with Crippen LogP contribution in [0.3, 0.4) is 0 Å². The number of hydrogen-bond donors (Lipinski definition) is 1. The highest BCUT2D eigenvalue weighted by Gasteiger charge is 2.51. The van der Waals surface area contributed by atoms with E-state index in [-0.39, 0.29) is 12.6 Å². The van der Waals surface area contributed by atoms with Crippen molar-refractivity contribution in [1.29, 1.82) is 0 Å². The third kappa shape index (κ3) is 9.10. The normalized spacial score (nSPS) is 17.3. The lowest BCUT2D eigenvalue weighted by atomic mass is 9.79. The molecule has 2 aromatic rings. The smallest absolute Gasteiger partial charge is 0.445 e. The van der Waals surface area contributed by atoms with Crippen molar-refractivity contribution in [2.24, 2.45) is 0 Å². The summed E-state index contributed by atoms with van der Waals surface area (Å²) in [7, 11) is -0.466. The van der Waals surface area contributed by atoms with Gasteiger partial charge in [-0.2, -0.15) is 0 Å². The van der Waals surface area contributed by atoms with Crippen molar-refractivity contribution < 1.29 is 28.4 Å². The predicted molar refractivity (Wildman–Crippen MR) is 162 cm³/mol. The second kappa shape index (κ2) is 13.1. The molecule has 0 unspecified atom stereocenters. The molecule has 222 valence electrons. The minimum Gasteiger partial charge on any atom is -0.445 e. The van der Waals surface area contributed by atoms with Gasteiger partial charge in [-0.15, -0.1) is 6.58 Å². The number of rotatable bonds is 10. The van der Waals surface area contributed by atoms with E-state index < -0.39 is 42.1 Å². The molecular formula is C32H45BN2O6. The van der Waals surface area contributed by atoms with Crippen LogP contribution < -0.4 is 10.8 Å². The van der Waals surface area contributed by atoms with Crippen molar-refractivity contribution in [2.75, 3.05) is 0 Å². The third-order valence-corrected chi connectivity index (χ3v) is 7.41. The van der Waals surface area contributed by atoms with Crippen LogP contribution in [0.5, 0.6) is 0 Å². The maximum absolute atomic E-state index is 13.4. The van der Waals surface area contributed by atoms with Crippen LogP contribution in [0, 0.1) is 0 Å². The summed E-state index contributed by atoms with van der Waals surface area (Å²) < 4.78 is 23.5. The highest BCUT2D eigenvalue weighted by molar-refractivity contribution is 6.62. The fourth-order valence-electron chi connectivity index (χ4n) is 4.33. The van der Waals surface area contributed by atoms with Crippen molar-refractivity contribution in [3.8, 4) is 0 Å². The molecule has 0 aliphatic carbocycles. The average Bonchev–Trinajstić information content (AvgIpc) is 3.11. The number of benzene rings is 2. The molecule has 2 atom stereocenters. The Morgan fingerprint density at radius 2 is 1.59 bits per heavy atom. The van der Waals surface area contributed by atoms with Gasteiger partial charge < -0.3 is 29.0 Å². The number of nitrogens with one attached hydrogen (secondary N) is 1. The molecule has 2 aromatic carbocycles. The van der Waals surface area contributed by atoms with Gasteiger partial charge in [0, 0.05) is 12.6 Å². The number of amides is 2. The molecule has 2 amide bonds. The standard InChI is InChI=1S/C32H45BN2O6/c1-10-27(34-28(36)39-30(3,4)5)20-23(2)35(29(37)38-22-25-14-12-11-13-15-25)21-24-16-18-26(19-17-24)33-40-31(6,7)32(8,9)41-33/h10-19,23,27H,1,20-22H2,2-9H3,(H,34,36)/t23-,27-/m0/s1. The zero-order chi connectivity index (χ0) is 30.4. The van der Waals surface area contributed by atoms with Gasteiger partial charge in [-0.3, -0.25) is 0 Å². The Labute approximate surface area is 245 Å². The van der Waals surface area contributed by atoms with E-state index in [1.54, 1.807) is 31.7 Å². The van der Waals surface area contributed by atoms with E-state index in [0.29, 0.717) is 13.0 Å². The Morgan fingerprint density at radius 3 is 2.12 bits per heavy atom. The van der Waals surface area contributed by atoms with Crippen LogP contribution in [-0.4, -0.2) is 53.1 Å². The van der Waals surface area contributed by atoms with Crippen LogP contribution in [0.25, 0.3) is 0 Å². The average molecular weight is 565 g/mol. The first-order valence-electron chi connectivity index (χ1n) is 14.1. The van der Waals surface area contributed by atoms with E-state index in [9.17, 15) is 9.59 Å². The second-order valence-corrected chi connectivity index (χ2v) is 12.6. The van der Waals surface area contributed by atoms with Crippen molar-refractivity contribution in [2.45, 2.75) is 104 Å². The SMILES string of the molecule is C=C[C@@H](C[C@H](C)N(Cc1ccc(B2OC(C)(C)C(C)(C)O2)cc1)C(=O)OCc1ccccc1)NC(=O)OC(C)(C)C. The zero-order valence-corrected chi connectivity index (χ0v) is 25.7. The van der Waals surface area contributed by atoms with Crippen LogP contribution in [0.1, 0.15) is 72.9 Å². The summed E-state index contributed by atoms with van der Waals surface area (Å²) in [5.41, 5.74) is 1.24. The van der Waals surface area contributed by atoms with Gasteiger partial charge in [0.1, 0.15) is 12.2 Å². The second-order valence-electron chi connectivity index (χ2n) is 12.6. The molecule has 0 spiro atoms. The quantitative estimate of drug-likeness (QED) is 0.282. The molecule has 1 saturated heterocycles. The minimum atomic E-state index is -0.624. The lowest BCUT2D eigenvalue weighted by Crippen LogP contribution is -2.44. The molecule has 1 aliphatic rings. The van der Waals surface area contributed by atoms with Crippen molar-refractivity contribution in [1.82, 2.24) is 10.2 Å². The summed E-state index contributed by atoms with van der Waals surface area (Å²) in [5, 5.41) is 2.84. The van der Waals surface area contributed by atoms with Crippen LogP contribution in [0.2, 0.25) is 0 Å². The fourth-order valence-corrected chi connectivity index (χ4v) is 4.33. The number of hydrogen-bond acceptors (Lipinski definition) is 6. The van der Waals surface area contributed by atoms with Crippen LogP contribution in [0.4, 0.5) is 9.59 Å². The highest BCUT2D eigenvalue weighted by Crippen LogP contribution is 2.36. The first-order valence-corrected chi connectivity index (χ1v) is 14.1. The number of carbonyl (C=O) groups is 2. The topological polar surface area (TPSA) is 86.3 Å². The molecule has 8 nitrogen and oxygen atoms in total. The number of nitrogens with zero attached hydrogens (tertiary/aromatic N) is 1. The molecule has 0 bridgehead atoms. The molecule has 3 rings (SSSR count). The number of carbonyl (C=O) groups excluding carboxylic acids is 2. The molecule has 9 heteroatoms. The van der Waals surface area contributed by atoms with Crippen LogP contribution in [-0.2, 0) is 31.9 Å². The molecule has 1 N–H and O–H groups in total. The van der Waals surface area contributed by atoms with Gasteiger partial charge in [-0.1, -0.05) is 60.7 Å². The van der Waals surface area contributed by atoms with Crippen molar-refractivity contribution in [3.63, 3.8) is 0 Å². The van der Waals surface area contributed by atoms with E-state index in [2.05, 4.69) is 11.9 Å². The van der Waals surface area contributed by atoms with E-state index in [4.69, 9.17) is 18.8 Å². The number of alkyl carbamates (subject to hydrolysis) is 1. The molecule has 0 saturated carbocycles. The summed E-state index contributed by atoms with van der Waals surface area (Å²) >= 11 is 0. The Balaban J connectivity index is 1.74. The Kier molecular flexibility index (Phi) is 10.3. The highest BCUT2D eigenvalue weighted by atomic mass is 16.7. The molecule has 1 heterocycles. The van der Waals surface area contributed by atoms with E-state index in [0.717, 1.165) is 16.6 Å². The zero-order valence-electron chi connectivity index (χ0n) is 25.7. The Morgan fingerprint density at radius 1 is 1.00 bits per heavy atom. The van der Waals surface area contributed by atoms with E-state index in [1.807, 2.05) is 89.2 Å². The minimum absolute atomic E-state index is 0.158. The fraction of sp³-hybridized carbons (Fsp3) is 0.500. The summed E-state index contributed by atoms with van der Waals surface area (Å²) in [6, 6.07) is 16.7. The first kappa shape index (κ1) is 32.2. The molecule has 41 heavy (non-hydrogen) atoms. The number of ether oxygens (including phenoxy) is 2. The van der Waals surface area contributed by atoms with Gasteiger partial charge in [-0.05, 0) is 78.4 Å². The van der Waals surface area contributed by atoms with Gasteiger partial charge in [0.15, 0.2) is 0 Å². The van der Waals surface area contributed by atoms with Crippen LogP contribution in [0.15, 0.2) is 67.3 Å². The molecular weight excluding hydrogens is 519 g/mol. The van der Waals surface area contributed by atoms with Crippen LogP contribution >= 0.6 is 0 Å². The van der Waals surface area contributed by atoms with E-state index >= 15 is 0 Å². The molecule has 1 aliphatic heterocycles. The molecule has 0 radical (unpaired) electrons. The third-order valence-electron chi connectivity index (χ3n) is 7.41. The Hall–Kier alpha value is -3.30. The lowest BCUT2D eigenvalue weighted by Gasteiger charge is -2.32. The van der Waals surface area contributed by atoms with Gasteiger partial charge in [0.2, 0.25) is 0 Å². The first-order chi connectivity index (χ1) is 19.1. The molecule has 1 fully saturated rings. The van der Waals surface area contributed by atoms with Crippen molar-refractivity contribution in [3.05, 3.63) is 78.4 Å². The van der Waals surface area contributed by atoms with E-state index in [1.165, 1.54) is 0 Å². The summed E-state index contributed by atoms with van der Waals surface area (Å²) in [5.74, 6) is 0. The summed E-state index contributed by atoms with van der Waals surface area (Å²) in [6.45, 7) is 19.8. The maximum Gasteiger partial charge on any atom is 0.494 e. The lowest BCUT2D eigenvalue weighted by molar-refractivity contribution is 0.00578. The van der Waals surface area contributed by atoms with Gasteiger partial charge >= 0.3 is 19.3 Å². The van der Waals surface area contributed by atoms with Gasteiger partial charge in [0.25, 0.3) is 0 Å². The Bertz CT molecular complexity index is 1160. The van der Waals surface area contributed by atoms with Crippen molar-refractivity contribution >= 4 is 24.8 Å². The maximum atomic E-state index is 13.4. The largest absolute Gasteiger partial charge is 0.494 e. The summed E-state index contributed by atoms with van der Waals surface area (Å²) in [4.78, 5) is 27.4.